The van der Waals surface area contributed by atoms with E-state index in [1.54, 1.807) is 25.3 Å². The minimum absolute atomic E-state index is 0.0395. The zero-order chi connectivity index (χ0) is 18.1. The van der Waals surface area contributed by atoms with E-state index >= 15 is 0 Å². The van der Waals surface area contributed by atoms with Crippen molar-refractivity contribution in [1.82, 2.24) is 5.32 Å². The van der Waals surface area contributed by atoms with Crippen LogP contribution in [0.3, 0.4) is 0 Å². The Morgan fingerprint density at radius 2 is 1.88 bits per heavy atom. The average molecular weight is 343 g/mol. The number of carbonyl (C=O) groups excluding carboxylic acids is 2. The van der Waals surface area contributed by atoms with Gasteiger partial charge in [-0.25, -0.2) is 4.79 Å². The molecule has 1 atom stereocenters. The average Bonchev–Trinajstić information content (AvgIpc) is 2.66. The predicted molar refractivity (Wildman–Crippen MR) is 92.5 cm³/mol. The highest BCUT2D eigenvalue weighted by Gasteiger charge is 2.20. The minimum atomic E-state index is -0.746. The summed E-state index contributed by atoms with van der Waals surface area (Å²) in [7, 11) is 3.10. The third kappa shape index (κ3) is 5.24. The van der Waals surface area contributed by atoms with Gasteiger partial charge in [0.2, 0.25) is 6.41 Å². The lowest BCUT2D eigenvalue weighted by Gasteiger charge is -2.16. The van der Waals surface area contributed by atoms with Gasteiger partial charge in [-0.05, 0) is 17.7 Å². The topological polar surface area (TPSA) is 73.9 Å². The quantitative estimate of drug-likeness (QED) is 0.557. The number of hydrogen-bond donors (Lipinski definition) is 1. The van der Waals surface area contributed by atoms with Crippen LogP contribution in [-0.2, 0) is 27.4 Å². The first-order chi connectivity index (χ1) is 12.2. The maximum Gasteiger partial charge on any atom is 0.329 e. The molecule has 0 radical (unpaired) electrons. The molecule has 0 aliphatic heterocycles. The van der Waals surface area contributed by atoms with Crippen LogP contribution in [0.4, 0.5) is 0 Å². The highest BCUT2D eigenvalue weighted by atomic mass is 16.5. The van der Waals surface area contributed by atoms with Gasteiger partial charge in [0.25, 0.3) is 0 Å². The summed E-state index contributed by atoms with van der Waals surface area (Å²) in [6.45, 7) is 0.0395. The fourth-order valence-corrected chi connectivity index (χ4v) is 2.36. The fourth-order valence-electron chi connectivity index (χ4n) is 2.36. The molecular formula is C19H21NO5. The lowest BCUT2D eigenvalue weighted by molar-refractivity contribution is -0.148. The molecule has 0 saturated heterocycles. The molecule has 0 heterocycles. The molecule has 0 aliphatic rings. The van der Waals surface area contributed by atoms with Crippen LogP contribution in [0.25, 0.3) is 0 Å². The van der Waals surface area contributed by atoms with Crippen molar-refractivity contribution in [3.63, 3.8) is 0 Å². The second-order valence-electron chi connectivity index (χ2n) is 5.31. The van der Waals surface area contributed by atoms with E-state index in [0.29, 0.717) is 29.9 Å². The Labute approximate surface area is 146 Å². The molecule has 132 valence electrons. The van der Waals surface area contributed by atoms with Crippen LogP contribution in [0.5, 0.6) is 11.5 Å². The zero-order valence-electron chi connectivity index (χ0n) is 14.2. The highest BCUT2D eigenvalue weighted by molar-refractivity contribution is 5.78. The van der Waals surface area contributed by atoms with E-state index in [-0.39, 0.29) is 6.61 Å². The van der Waals surface area contributed by atoms with Gasteiger partial charge in [0.1, 0.15) is 24.1 Å². The molecule has 0 bridgehead atoms. The lowest BCUT2D eigenvalue weighted by atomic mass is 10.1. The fraction of sp³-hybridized carbons (Fsp3) is 0.263. The van der Waals surface area contributed by atoms with E-state index < -0.39 is 12.0 Å². The molecule has 2 aromatic rings. The van der Waals surface area contributed by atoms with Crippen molar-refractivity contribution >= 4 is 12.4 Å². The van der Waals surface area contributed by atoms with Gasteiger partial charge in [-0.1, -0.05) is 30.3 Å². The van der Waals surface area contributed by atoms with Crippen LogP contribution in [-0.4, -0.2) is 32.6 Å². The van der Waals surface area contributed by atoms with Gasteiger partial charge in [0, 0.05) is 18.1 Å². The zero-order valence-corrected chi connectivity index (χ0v) is 14.2. The number of benzene rings is 2. The number of nitrogens with one attached hydrogen (secondary N) is 1. The summed E-state index contributed by atoms with van der Waals surface area (Å²) in [5.74, 6) is 0.709. The number of rotatable bonds is 9. The maximum atomic E-state index is 12.3. The van der Waals surface area contributed by atoms with Gasteiger partial charge in [0.05, 0.1) is 14.2 Å². The predicted octanol–water partition coefficient (Wildman–Crippen LogP) is 2.10. The maximum absolute atomic E-state index is 12.3. The number of methoxy groups -OCH3 is 2. The molecule has 0 saturated carbocycles. The Morgan fingerprint density at radius 3 is 2.52 bits per heavy atom. The minimum Gasteiger partial charge on any atom is -0.497 e. The normalized spacial score (nSPS) is 11.3. The molecule has 0 fully saturated rings. The van der Waals surface area contributed by atoms with Crippen LogP contribution in [0, 0.1) is 0 Å². The molecular weight excluding hydrogens is 322 g/mol. The Balaban J connectivity index is 2.02. The molecule has 2 rings (SSSR count). The van der Waals surface area contributed by atoms with Crippen LogP contribution in [0.1, 0.15) is 11.1 Å². The number of amides is 1. The van der Waals surface area contributed by atoms with Crippen molar-refractivity contribution in [3.8, 4) is 11.5 Å². The molecule has 1 amide bonds. The van der Waals surface area contributed by atoms with Crippen molar-refractivity contribution in [2.45, 2.75) is 19.1 Å². The van der Waals surface area contributed by atoms with E-state index in [9.17, 15) is 9.59 Å². The van der Waals surface area contributed by atoms with E-state index in [2.05, 4.69) is 5.32 Å². The molecule has 0 aromatic heterocycles. The van der Waals surface area contributed by atoms with Gasteiger partial charge < -0.3 is 19.5 Å². The SMILES string of the molecule is COc1ccc(COC(=O)C(Cc2ccccc2)NC=O)c(OC)c1. The second kappa shape index (κ2) is 9.32. The lowest BCUT2D eigenvalue weighted by Crippen LogP contribution is -2.39. The molecule has 6 heteroatoms. The Bertz CT molecular complexity index is 702. The second-order valence-corrected chi connectivity index (χ2v) is 5.31. The molecule has 25 heavy (non-hydrogen) atoms. The summed E-state index contributed by atoms with van der Waals surface area (Å²) < 4.78 is 15.8. The van der Waals surface area contributed by atoms with Gasteiger partial charge in [-0.3, -0.25) is 4.79 Å². The van der Waals surface area contributed by atoms with Gasteiger partial charge in [-0.2, -0.15) is 0 Å². The van der Waals surface area contributed by atoms with Crippen LogP contribution >= 0.6 is 0 Å². The van der Waals surface area contributed by atoms with Crippen molar-refractivity contribution in [2.75, 3.05) is 14.2 Å². The van der Waals surface area contributed by atoms with Crippen LogP contribution in [0.15, 0.2) is 48.5 Å². The molecule has 0 aliphatic carbocycles. The first-order valence-electron chi connectivity index (χ1n) is 7.79. The summed E-state index contributed by atoms with van der Waals surface area (Å²) in [5.41, 5.74) is 1.64. The van der Waals surface area contributed by atoms with E-state index in [1.807, 2.05) is 30.3 Å². The number of carbonyl (C=O) groups is 2. The first kappa shape index (κ1) is 18.3. The molecule has 2 aromatic carbocycles. The van der Waals surface area contributed by atoms with Gasteiger partial charge in [0.15, 0.2) is 0 Å². The third-order valence-electron chi connectivity index (χ3n) is 3.70. The standard InChI is InChI=1S/C19H21NO5/c1-23-16-9-8-15(18(11-16)24-2)12-25-19(22)17(20-13-21)10-14-6-4-3-5-7-14/h3-9,11,13,17H,10,12H2,1-2H3,(H,20,21). The summed E-state index contributed by atoms with van der Waals surface area (Å²) in [4.78, 5) is 23.1. The number of ether oxygens (including phenoxy) is 3. The Kier molecular flexibility index (Phi) is 6.83. The summed E-state index contributed by atoms with van der Waals surface area (Å²) in [5, 5.41) is 2.51. The van der Waals surface area contributed by atoms with Crippen molar-refractivity contribution < 1.29 is 23.8 Å². The molecule has 1 unspecified atom stereocenters. The van der Waals surface area contributed by atoms with Crippen molar-refractivity contribution in [3.05, 3.63) is 59.7 Å². The first-order valence-corrected chi connectivity index (χ1v) is 7.79. The summed E-state index contributed by atoms with van der Waals surface area (Å²) >= 11 is 0. The van der Waals surface area contributed by atoms with Crippen molar-refractivity contribution in [1.29, 1.82) is 0 Å². The van der Waals surface area contributed by atoms with Crippen molar-refractivity contribution in [2.24, 2.45) is 0 Å². The van der Waals surface area contributed by atoms with E-state index in [1.165, 1.54) is 7.11 Å². The van der Waals surface area contributed by atoms with Gasteiger partial charge >= 0.3 is 5.97 Å². The highest BCUT2D eigenvalue weighted by Crippen LogP contribution is 2.25. The summed E-state index contributed by atoms with van der Waals surface area (Å²) in [6.07, 6.45) is 0.862. The number of esters is 1. The smallest absolute Gasteiger partial charge is 0.329 e. The van der Waals surface area contributed by atoms with E-state index in [4.69, 9.17) is 14.2 Å². The third-order valence-corrected chi connectivity index (χ3v) is 3.70. The Hall–Kier alpha value is -3.02. The molecule has 1 N–H and O–H groups in total. The summed E-state index contributed by atoms with van der Waals surface area (Å²) in [6, 6.07) is 13.9. The molecule has 0 spiro atoms. The largest absolute Gasteiger partial charge is 0.497 e. The Morgan fingerprint density at radius 1 is 1.12 bits per heavy atom. The monoisotopic (exact) mass is 343 g/mol. The molecule has 6 nitrogen and oxygen atoms in total. The number of hydrogen-bond acceptors (Lipinski definition) is 5. The van der Waals surface area contributed by atoms with Gasteiger partial charge in [-0.15, -0.1) is 0 Å². The van der Waals surface area contributed by atoms with E-state index in [0.717, 1.165) is 5.56 Å². The van der Waals surface area contributed by atoms with Crippen LogP contribution < -0.4 is 14.8 Å². The van der Waals surface area contributed by atoms with Crippen LogP contribution in [0.2, 0.25) is 0 Å².